The monoisotopic (exact) mass is 462 g/mol. The van der Waals surface area contributed by atoms with E-state index in [1.807, 2.05) is 7.05 Å². The number of carbonyl (C=O) groups is 1. The molecule has 3 rings (SSSR count). The highest BCUT2D eigenvalue weighted by atomic mass is 127. The molecule has 1 N–H and O–H groups in total. The zero-order valence-electron chi connectivity index (χ0n) is 15.9. The van der Waals surface area contributed by atoms with Crippen molar-refractivity contribution in [2.75, 3.05) is 33.2 Å². The third-order valence-corrected chi connectivity index (χ3v) is 6.27. The molecule has 5 nitrogen and oxygen atoms in total. The first-order valence-electron chi connectivity index (χ1n) is 9.98. The van der Waals surface area contributed by atoms with Crippen LogP contribution in [-0.4, -0.2) is 60.9 Å². The van der Waals surface area contributed by atoms with Crippen LogP contribution < -0.4 is 5.32 Å². The van der Waals surface area contributed by atoms with Gasteiger partial charge < -0.3 is 15.1 Å². The molecule has 144 valence electrons. The van der Waals surface area contributed by atoms with Gasteiger partial charge in [-0.05, 0) is 43.9 Å². The molecule has 3 aliphatic rings. The lowest BCUT2D eigenvalue weighted by atomic mass is 9.82. The van der Waals surface area contributed by atoms with Crippen molar-refractivity contribution >= 4 is 35.8 Å². The standard InChI is InChI=1S/C19H34N4O.HI/c1-3-17(23-12-6-9-18(23)24)10-11-21-19(20-2)22-13-15-7-4-5-8-16(15)14-22;/h15-17H,3-14H2,1-2H3,(H,20,21);1H. The number of amides is 1. The minimum atomic E-state index is 0. The minimum absolute atomic E-state index is 0. The fourth-order valence-electron chi connectivity index (χ4n) is 4.90. The van der Waals surface area contributed by atoms with Gasteiger partial charge in [-0.15, -0.1) is 24.0 Å². The summed E-state index contributed by atoms with van der Waals surface area (Å²) in [5.41, 5.74) is 0. The third kappa shape index (κ3) is 5.01. The van der Waals surface area contributed by atoms with Gasteiger partial charge in [0.25, 0.3) is 0 Å². The molecular formula is C19H35IN4O. The number of halogens is 1. The Bertz CT molecular complexity index is 456. The Hall–Kier alpha value is -0.530. The van der Waals surface area contributed by atoms with Gasteiger partial charge >= 0.3 is 0 Å². The molecule has 0 spiro atoms. The van der Waals surface area contributed by atoms with Gasteiger partial charge in [0.2, 0.25) is 5.91 Å². The van der Waals surface area contributed by atoms with Gasteiger partial charge in [-0.3, -0.25) is 9.79 Å². The summed E-state index contributed by atoms with van der Waals surface area (Å²) in [6.45, 7) is 6.39. The lowest BCUT2D eigenvalue weighted by Crippen LogP contribution is -2.43. The number of hydrogen-bond donors (Lipinski definition) is 1. The quantitative estimate of drug-likeness (QED) is 0.388. The summed E-state index contributed by atoms with van der Waals surface area (Å²) in [6, 6.07) is 0.381. The van der Waals surface area contributed by atoms with Crippen molar-refractivity contribution in [3.63, 3.8) is 0 Å². The molecule has 1 amide bonds. The average molecular weight is 462 g/mol. The number of hydrogen-bond acceptors (Lipinski definition) is 2. The Morgan fingerprint density at radius 2 is 1.92 bits per heavy atom. The zero-order chi connectivity index (χ0) is 16.9. The van der Waals surface area contributed by atoms with Crippen molar-refractivity contribution < 1.29 is 4.79 Å². The van der Waals surface area contributed by atoms with Crippen LogP contribution in [0.4, 0.5) is 0 Å². The number of nitrogens with zero attached hydrogens (tertiary/aromatic N) is 3. The Labute approximate surface area is 170 Å². The van der Waals surface area contributed by atoms with E-state index in [0.717, 1.165) is 56.6 Å². The molecule has 0 radical (unpaired) electrons. The molecule has 0 aromatic rings. The minimum Gasteiger partial charge on any atom is -0.356 e. The Balaban J connectivity index is 0.00000225. The van der Waals surface area contributed by atoms with Crippen molar-refractivity contribution in [3.8, 4) is 0 Å². The molecule has 1 saturated carbocycles. The molecule has 1 aliphatic carbocycles. The van der Waals surface area contributed by atoms with Crippen LogP contribution in [0, 0.1) is 11.8 Å². The molecule has 2 saturated heterocycles. The molecule has 2 aliphatic heterocycles. The van der Waals surface area contributed by atoms with Crippen LogP contribution in [0.2, 0.25) is 0 Å². The van der Waals surface area contributed by atoms with E-state index in [-0.39, 0.29) is 24.0 Å². The van der Waals surface area contributed by atoms with E-state index in [1.165, 1.54) is 38.8 Å². The second-order valence-electron chi connectivity index (χ2n) is 7.73. The highest BCUT2D eigenvalue weighted by Gasteiger charge is 2.35. The van der Waals surface area contributed by atoms with Gasteiger partial charge in [0.15, 0.2) is 5.96 Å². The molecule has 2 heterocycles. The van der Waals surface area contributed by atoms with Crippen molar-refractivity contribution in [2.24, 2.45) is 16.8 Å². The highest BCUT2D eigenvalue weighted by molar-refractivity contribution is 14.0. The van der Waals surface area contributed by atoms with E-state index in [1.54, 1.807) is 0 Å². The number of nitrogens with one attached hydrogen (secondary N) is 1. The number of fused-ring (bicyclic) bond motifs is 1. The first-order chi connectivity index (χ1) is 11.7. The van der Waals surface area contributed by atoms with Crippen LogP contribution in [0.1, 0.15) is 58.3 Å². The molecule has 3 fully saturated rings. The van der Waals surface area contributed by atoms with Crippen LogP contribution in [0.5, 0.6) is 0 Å². The maximum Gasteiger partial charge on any atom is 0.222 e. The molecule has 3 unspecified atom stereocenters. The van der Waals surface area contributed by atoms with Crippen LogP contribution in [0.3, 0.4) is 0 Å². The van der Waals surface area contributed by atoms with Crippen molar-refractivity contribution in [1.82, 2.24) is 15.1 Å². The number of rotatable bonds is 5. The van der Waals surface area contributed by atoms with Crippen LogP contribution in [0.15, 0.2) is 4.99 Å². The third-order valence-electron chi connectivity index (χ3n) is 6.27. The smallest absolute Gasteiger partial charge is 0.222 e. The topological polar surface area (TPSA) is 47.9 Å². The molecule has 3 atom stereocenters. The van der Waals surface area contributed by atoms with Crippen molar-refractivity contribution in [2.45, 2.75) is 64.3 Å². The maximum atomic E-state index is 12.0. The van der Waals surface area contributed by atoms with Gasteiger partial charge in [0, 0.05) is 45.7 Å². The Morgan fingerprint density at radius 3 is 2.44 bits per heavy atom. The Morgan fingerprint density at radius 1 is 1.24 bits per heavy atom. The normalized spacial score (nSPS) is 27.9. The lowest BCUT2D eigenvalue weighted by Gasteiger charge is -2.28. The van der Waals surface area contributed by atoms with E-state index in [4.69, 9.17) is 0 Å². The van der Waals surface area contributed by atoms with E-state index < -0.39 is 0 Å². The summed E-state index contributed by atoms with van der Waals surface area (Å²) in [4.78, 5) is 21.0. The van der Waals surface area contributed by atoms with Gasteiger partial charge in [-0.2, -0.15) is 0 Å². The van der Waals surface area contributed by atoms with Crippen molar-refractivity contribution in [3.05, 3.63) is 0 Å². The summed E-state index contributed by atoms with van der Waals surface area (Å²) in [5.74, 6) is 3.16. The molecule has 0 aromatic heterocycles. The first kappa shape index (κ1) is 20.8. The second-order valence-corrected chi connectivity index (χ2v) is 7.73. The molecule has 0 aromatic carbocycles. The van der Waals surface area contributed by atoms with Crippen LogP contribution >= 0.6 is 24.0 Å². The first-order valence-corrected chi connectivity index (χ1v) is 9.98. The SMILES string of the molecule is CCC(CCNC(=NC)N1CC2CCCCC2C1)N1CCCC1=O.I. The summed E-state index contributed by atoms with van der Waals surface area (Å²) < 4.78 is 0. The van der Waals surface area contributed by atoms with E-state index in [9.17, 15) is 4.79 Å². The van der Waals surface area contributed by atoms with E-state index in [2.05, 4.69) is 27.0 Å². The average Bonchev–Trinajstić information content (AvgIpc) is 3.21. The van der Waals surface area contributed by atoms with E-state index in [0.29, 0.717) is 11.9 Å². The van der Waals surface area contributed by atoms with E-state index >= 15 is 0 Å². The molecule has 0 bridgehead atoms. The highest BCUT2D eigenvalue weighted by Crippen LogP contribution is 2.35. The van der Waals surface area contributed by atoms with Gasteiger partial charge in [0.1, 0.15) is 0 Å². The van der Waals surface area contributed by atoms with Crippen molar-refractivity contribution in [1.29, 1.82) is 0 Å². The van der Waals surface area contributed by atoms with Gasteiger partial charge in [-0.25, -0.2) is 0 Å². The zero-order valence-corrected chi connectivity index (χ0v) is 18.2. The lowest BCUT2D eigenvalue weighted by molar-refractivity contribution is -0.129. The predicted molar refractivity (Wildman–Crippen MR) is 113 cm³/mol. The molecular weight excluding hydrogens is 427 g/mol. The fourth-order valence-corrected chi connectivity index (χ4v) is 4.90. The maximum absolute atomic E-state index is 12.0. The molecule has 6 heteroatoms. The summed E-state index contributed by atoms with van der Waals surface area (Å²) in [7, 11) is 1.89. The van der Waals surface area contributed by atoms with Crippen LogP contribution in [0.25, 0.3) is 0 Å². The summed E-state index contributed by atoms with van der Waals surface area (Å²) >= 11 is 0. The summed E-state index contributed by atoms with van der Waals surface area (Å²) in [5, 5.41) is 3.56. The number of guanidine groups is 1. The number of carbonyl (C=O) groups excluding carboxylic acids is 1. The fraction of sp³-hybridized carbons (Fsp3) is 0.895. The Kier molecular flexibility index (Phi) is 8.29. The van der Waals surface area contributed by atoms with Gasteiger partial charge in [-0.1, -0.05) is 19.8 Å². The number of likely N-dealkylation sites (tertiary alicyclic amines) is 2. The molecule has 25 heavy (non-hydrogen) atoms. The van der Waals surface area contributed by atoms with Gasteiger partial charge in [0.05, 0.1) is 0 Å². The predicted octanol–water partition coefficient (Wildman–Crippen LogP) is 3.09. The second kappa shape index (κ2) is 9.97. The largest absolute Gasteiger partial charge is 0.356 e. The van der Waals surface area contributed by atoms with Crippen LogP contribution in [-0.2, 0) is 4.79 Å². The summed E-state index contributed by atoms with van der Waals surface area (Å²) in [6.07, 6.45) is 9.43. The number of aliphatic imine (C=N–C) groups is 1.